The van der Waals surface area contributed by atoms with Crippen LogP contribution in [-0.2, 0) is 0 Å². The molecule has 6 heteroatoms. The molecule has 16 heavy (non-hydrogen) atoms. The fraction of sp³-hybridized carbons (Fsp3) is 0.600. The van der Waals surface area contributed by atoms with Crippen molar-refractivity contribution in [3.63, 3.8) is 0 Å². The van der Waals surface area contributed by atoms with Crippen LogP contribution in [0.3, 0.4) is 0 Å². The first kappa shape index (κ1) is 11.9. The number of hydrogen-bond acceptors (Lipinski definition) is 4. The fourth-order valence-electron chi connectivity index (χ4n) is 1.72. The average molecular weight is 262 g/mol. The SMILES string of the molecule is CCC1CN(c2nc(Cl)ncc2F)CCS1. The van der Waals surface area contributed by atoms with Crippen molar-refractivity contribution in [3.05, 3.63) is 17.3 Å². The summed E-state index contributed by atoms with van der Waals surface area (Å²) in [5.74, 6) is 0.935. The number of rotatable bonds is 2. The molecule has 0 radical (unpaired) electrons. The molecule has 0 amide bonds. The summed E-state index contributed by atoms with van der Waals surface area (Å²) in [7, 11) is 0. The molecule has 1 aliphatic heterocycles. The first-order valence-corrected chi connectivity index (χ1v) is 6.68. The van der Waals surface area contributed by atoms with Crippen molar-refractivity contribution in [2.75, 3.05) is 23.7 Å². The highest BCUT2D eigenvalue weighted by atomic mass is 35.5. The Hall–Kier alpha value is -0.550. The quantitative estimate of drug-likeness (QED) is 0.766. The standard InChI is InChI=1S/C10H13ClFN3S/c1-2-7-6-15(3-4-16-7)9-8(12)5-13-10(11)14-9/h5,7H,2-4,6H2,1H3. The van der Waals surface area contributed by atoms with Crippen LogP contribution < -0.4 is 4.90 Å². The maximum absolute atomic E-state index is 13.6. The topological polar surface area (TPSA) is 29.0 Å². The lowest BCUT2D eigenvalue weighted by Crippen LogP contribution is -2.38. The van der Waals surface area contributed by atoms with E-state index in [0.29, 0.717) is 11.1 Å². The van der Waals surface area contributed by atoms with Crippen LogP contribution in [-0.4, -0.2) is 34.1 Å². The van der Waals surface area contributed by atoms with E-state index in [1.807, 2.05) is 16.7 Å². The summed E-state index contributed by atoms with van der Waals surface area (Å²) >= 11 is 7.62. The highest BCUT2D eigenvalue weighted by Crippen LogP contribution is 2.26. The monoisotopic (exact) mass is 261 g/mol. The smallest absolute Gasteiger partial charge is 0.224 e. The third kappa shape index (κ3) is 2.58. The summed E-state index contributed by atoms with van der Waals surface area (Å²) in [5, 5.41) is 0.643. The Morgan fingerprint density at radius 1 is 1.69 bits per heavy atom. The van der Waals surface area contributed by atoms with Gasteiger partial charge in [0.25, 0.3) is 0 Å². The molecule has 0 N–H and O–H groups in total. The zero-order valence-electron chi connectivity index (χ0n) is 8.99. The van der Waals surface area contributed by atoms with Gasteiger partial charge in [-0.05, 0) is 18.0 Å². The molecule has 1 aliphatic rings. The lowest BCUT2D eigenvalue weighted by Gasteiger charge is -2.32. The Kier molecular flexibility index (Phi) is 3.86. The first-order valence-electron chi connectivity index (χ1n) is 5.25. The van der Waals surface area contributed by atoms with E-state index < -0.39 is 5.82 Å². The minimum Gasteiger partial charge on any atom is -0.352 e. The van der Waals surface area contributed by atoms with Gasteiger partial charge in [0.1, 0.15) is 0 Å². The zero-order chi connectivity index (χ0) is 11.5. The lowest BCUT2D eigenvalue weighted by molar-refractivity contribution is 0.597. The van der Waals surface area contributed by atoms with Crippen molar-refractivity contribution in [2.24, 2.45) is 0 Å². The van der Waals surface area contributed by atoms with E-state index in [4.69, 9.17) is 11.6 Å². The second kappa shape index (κ2) is 5.19. The minimum absolute atomic E-state index is 0.0997. The van der Waals surface area contributed by atoms with Gasteiger partial charge in [-0.15, -0.1) is 0 Å². The van der Waals surface area contributed by atoms with Gasteiger partial charge in [-0.25, -0.2) is 9.37 Å². The second-order valence-electron chi connectivity index (χ2n) is 3.66. The van der Waals surface area contributed by atoms with E-state index in [9.17, 15) is 4.39 Å². The molecule has 1 aromatic heterocycles. The van der Waals surface area contributed by atoms with Gasteiger partial charge in [-0.2, -0.15) is 16.7 Å². The molecule has 0 spiro atoms. The largest absolute Gasteiger partial charge is 0.352 e. The highest BCUT2D eigenvalue weighted by molar-refractivity contribution is 8.00. The van der Waals surface area contributed by atoms with Crippen molar-refractivity contribution in [2.45, 2.75) is 18.6 Å². The molecule has 3 nitrogen and oxygen atoms in total. The van der Waals surface area contributed by atoms with E-state index in [0.717, 1.165) is 31.5 Å². The predicted molar refractivity (Wildman–Crippen MR) is 65.8 cm³/mol. The number of halogens is 2. The Balaban J connectivity index is 2.19. The second-order valence-corrected chi connectivity index (χ2v) is 5.40. The molecular weight excluding hydrogens is 249 g/mol. The number of aromatic nitrogens is 2. The van der Waals surface area contributed by atoms with E-state index in [1.165, 1.54) is 0 Å². The summed E-state index contributed by atoms with van der Waals surface area (Å²) < 4.78 is 13.6. The molecule has 1 fully saturated rings. The highest BCUT2D eigenvalue weighted by Gasteiger charge is 2.22. The van der Waals surface area contributed by atoms with E-state index in [2.05, 4.69) is 16.9 Å². The fourth-order valence-corrected chi connectivity index (χ4v) is 3.03. The summed E-state index contributed by atoms with van der Waals surface area (Å²) in [4.78, 5) is 9.53. The Morgan fingerprint density at radius 3 is 3.25 bits per heavy atom. The first-order chi connectivity index (χ1) is 7.70. The van der Waals surface area contributed by atoms with E-state index in [-0.39, 0.29) is 5.28 Å². The molecular formula is C10H13ClFN3S. The molecule has 1 unspecified atom stereocenters. The van der Waals surface area contributed by atoms with Crippen LogP contribution in [0.25, 0.3) is 0 Å². The van der Waals surface area contributed by atoms with Gasteiger partial charge in [0.05, 0.1) is 6.20 Å². The molecule has 2 rings (SSSR count). The molecule has 1 atom stereocenters. The number of nitrogens with zero attached hydrogens (tertiary/aromatic N) is 3. The molecule has 0 aliphatic carbocycles. The number of hydrogen-bond donors (Lipinski definition) is 0. The average Bonchev–Trinajstić information content (AvgIpc) is 2.32. The maximum Gasteiger partial charge on any atom is 0.224 e. The summed E-state index contributed by atoms with van der Waals surface area (Å²) in [6, 6.07) is 0. The predicted octanol–water partition coefficient (Wildman–Crippen LogP) is 2.60. The molecule has 88 valence electrons. The Morgan fingerprint density at radius 2 is 2.50 bits per heavy atom. The molecule has 2 heterocycles. The summed E-state index contributed by atoms with van der Waals surface area (Å²) in [6.07, 6.45) is 2.22. The van der Waals surface area contributed by atoms with Gasteiger partial charge in [0.15, 0.2) is 11.6 Å². The zero-order valence-corrected chi connectivity index (χ0v) is 10.6. The Bertz CT molecular complexity index is 377. The van der Waals surface area contributed by atoms with Crippen LogP contribution in [0.15, 0.2) is 6.20 Å². The van der Waals surface area contributed by atoms with E-state index >= 15 is 0 Å². The van der Waals surface area contributed by atoms with Crippen LogP contribution >= 0.6 is 23.4 Å². The van der Waals surface area contributed by atoms with Gasteiger partial charge in [-0.1, -0.05) is 6.92 Å². The molecule has 0 aromatic carbocycles. The van der Waals surface area contributed by atoms with Crippen molar-refractivity contribution >= 4 is 29.2 Å². The molecule has 0 bridgehead atoms. The molecule has 0 saturated carbocycles. The van der Waals surface area contributed by atoms with Crippen LogP contribution in [0.2, 0.25) is 5.28 Å². The maximum atomic E-state index is 13.6. The summed E-state index contributed by atoms with van der Waals surface area (Å²) in [6.45, 7) is 3.78. The third-order valence-corrected chi connectivity index (χ3v) is 4.14. The minimum atomic E-state index is -0.397. The normalized spacial score (nSPS) is 21.2. The Labute approximate surface area is 103 Å². The van der Waals surface area contributed by atoms with Crippen molar-refractivity contribution < 1.29 is 4.39 Å². The van der Waals surface area contributed by atoms with E-state index in [1.54, 1.807) is 0 Å². The third-order valence-electron chi connectivity index (χ3n) is 2.59. The number of thioether (sulfide) groups is 1. The van der Waals surface area contributed by atoms with Crippen LogP contribution in [0.1, 0.15) is 13.3 Å². The van der Waals surface area contributed by atoms with Gasteiger partial charge in [-0.3, -0.25) is 0 Å². The lowest BCUT2D eigenvalue weighted by atomic mass is 10.3. The number of anilines is 1. The van der Waals surface area contributed by atoms with Crippen molar-refractivity contribution in [1.82, 2.24) is 9.97 Å². The van der Waals surface area contributed by atoms with Gasteiger partial charge in [0, 0.05) is 24.1 Å². The van der Waals surface area contributed by atoms with Gasteiger partial charge in [0.2, 0.25) is 5.28 Å². The van der Waals surface area contributed by atoms with Crippen molar-refractivity contribution in [1.29, 1.82) is 0 Å². The van der Waals surface area contributed by atoms with Crippen LogP contribution in [0.4, 0.5) is 10.2 Å². The molecule has 1 saturated heterocycles. The van der Waals surface area contributed by atoms with Crippen LogP contribution in [0.5, 0.6) is 0 Å². The molecule has 1 aromatic rings. The van der Waals surface area contributed by atoms with Gasteiger partial charge < -0.3 is 4.90 Å². The summed E-state index contributed by atoms with van der Waals surface area (Å²) in [5.41, 5.74) is 0. The van der Waals surface area contributed by atoms with Crippen molar-refractivity contribution in [3.8, 4) is 0 Å². The van der Waals surface area contributed by atoms with Crippen LogP contribution in [0, 0.1) is 5.82 Å². The van der Waals surface area contributed by atoms with Gasteiger partial charge >= 0.3 is 0 Å².